The van der Waals surface area contributed by atoms with Gasteiger partial charge in [0.15, 0.2) is 0 Å². The highest BCUT2D eigenvalue weighted by Gasteiger charge is 2.39. The molecule has 3 heterocycles. The second-order valence-electron chi connectivity index (χ2n) is 10.7. The fourth-order valence-corrected chi connectivity index (χ4v) is 6.62. The lowest BCUT2D eigenvalue weighted by Gasteiger charge is -2.42. The van der Waals surface area contributed by atoms with E-state index in [0.717, 1.165) is 17.5 Å². The summed E-state index contributed by atoms with van der Waals surface area (Å²) in [6, 6.07) is 9.85. The monoisotopic (exact) mass is 625 g/mol. The zero-order chi connectivity index (χ0) is 31.1. The summed E-state index contributed by atoms with van der Waals surface area (Å²) in [4.78, 5) is 32.9. The van der Waals surface area contributed by atoms with Gasteiger partial charge in [-0.25, -0.2) is 0 Å². The van der Waals surface area contributed by atoms with E-state index in [1.807, 2.05) is 29.6 Å². The van der Waals surface area contributed by atoms with Crippen molar-refractivity contribution in [3.8, 4) is 5.75 Å². The third-order valence-corrected chi connectivity index (χ3v) is 8.91. The Morgan fingerprint density at radius 2 is 1.58 bits per heavy atom. The van der Waals surface area contributed by atoms with Crippen LogP contribution in [0.1, 0.15) is 50.5 Å². The zero-order valence-electron chi connectivity index (χ0n) is 23.3. The molecule has 2 aliphatic heterocycles. The molecule has 0 radical (unpaired) electrons. The standard InChI is InChI=1S/C30H29F6N3O3S/c1-18-16-37(10-11-39(18)28(41)20-13-21(29(31,32)33)15-22(14-20)30(34,35)36)26(40)17-38-9-7-25-24(8-12-43-25)27(38)19-3-5-23(42-2)6-4-19/h3-6,8,12-15,18,27H,7,9-11,16-17H2,1-2H3/t18-,27-/m1/s1. The number of hydrogen-bond acceptors (Lipinski definition) is 5. The van der Waals surface area contributed by atoms with Crippen LogP contribution in [-0.4, -0.2) is 72.4 Å². The van der Waals surface area contributed by atoms with Gasteiger partial charge in [-0.2, -0.15) is 26.3 Å². The van der Waals surface area contributed by atoms with Crippen LogP contribution in [-0.2, 0) is 23.6 Å². The van der Waals surface area contributed by atoms with Crippen molar-refractivity contribution < 1.29 is 40.7 Å². The summed E-state index contributed by atoms with van der Waals surface area (Å²) in [7, 11) is 1.59. The molecule has 1 aromatic heterocycles. The van der Waals surface area contributed by atoms with E-state index in [9.17, 15) is 35.9 Å². The molecule has 230 valence electrons. The summed E-state index contributed by atoms with van der Waals surface area (Å²) in [5.41, 5.74) is -1.65. The Morgan fingerprint density at radius 1 is 0.930 bits per heavy atom. The third-order valence-electron chi connectivity index (χ3n) is 7.91. The molecular formula is C30H29F6N3O3S. The largest absolute Gasteiger partial charge is 0.497 e. The van der Waals surface area contributed by atoms with Crippen LogP contribution >= 0.6 is 11.3 Å². The van der Waals surface area contributed by atoms with Crippen molar-refractivity contribution in [2.24, 2.45) is 0 Å². The van der Waals surface area contributed by atoms with Gasteiger partial charge >= 0.3 is 12.4 Å². The van der Waals surface area contributed by atoms with Crippen molar-refractivity contribution in [3.05, 3.63) is 86.6 Å². The van der Waals surface area contributed by atoms with Crippen molar-refractivity contribution in [3.63, 3.8) is 0 Å². The van der Waals surface area contributed by atoms with Crippen LogP contribution in [0.2, 0.25) is 0 Å². The lowest BCUT2D eigenvalue weighted by molar-refractivity contribution is -0.143. The molecule has 0 unspecified atom stereocenters. The van der Waals surface area contributed by atoms with E-state index in [-0.39, 0.29) is 44.2 Å². The van der Waals surface area contributed by atoms with E-state index in [1.54, 1.807) is 30.3 Å². The highest BCUT2D eigenvalue weighted by molar-refractivity contribution is 7.10. The number of nitrogens with zero attached hydrogens (tertiary/aromatic N) is 3. The van der Waals surface area contributed by atoms with Gasteiger partial charge in [-0.1, -0.05) is 12.1 Å². The van der Waals surface area contributed by atoms with Gasteiger partial charge in [0.1, 0.15) is 5.75 Å². The predicted octanol–water partition coefficient (Wildman–Crippen LogP) is 6.11. The van der Waals surface area contributed by atoms with Gasteiger partial charge in [-0.3, -0.25) is 14.5 Å². The normalized spacial score (nSPS) is 19.7. The van der Waals surface area contributed by atoms with Crippen molar-refractivity contribution >= 4 is 23.2 Å². The van der Waals surface area contributed by atoms with E-state index < -0.39 is 41.0 Å². The molecule has 6 nitrogen and oxygen atoms in total. The Bertz CT molecular complexity index is 1460. The van der Waals surface area contributed by atoms with E-state index >= 15 is 0 Å². The molecular weight excluding hydrogens is 596 g/mol. The van der Waals surface area contributed by atoms with Crippen LogP contribution in [0.5, 0.6) is 5.75 Å². The fourth-order valence-electron chi connectivity index (χ4n) is 5.72. The highest BCUT2D eigenvalue weighted by atomic mass is 32.1. The predicted molar refractivity (Wildman–Crippen MR) is 148 cm³/mol. The van der Waals surface area contributed by atoms with E-state index in [4.69, 9.17) is 4.74 Å². The molecule has 43 heavy (non-hydrogen) atoms. The Labute approximate surface area is 248 Å². The zero-order valence-corrected chi connectivity index (χ0v) is 24.2. The highest BCUT2D eigenvalue weighted by Crippen LogP contribution is 2.39. The molecule has 13 heteroatoms. The van der Waals surface area contributed by atoms with Crippen molar-refractivity contribution in [1.29, 1.82) is 0 Å². The second-order valence-corrected chi connectivity index (χ2v) is 11.7. The summed E-state index contributed by atoms with van der Waals surface area (Å²) in [6.07, 6.45) is -9.33. The van der Waals surface area contributed by atoms with Crippen LogP contribution in [0.4, 0.5) is 26.3 Å². The molecule has 0 bridgehead atoms. The molecule has 0 N–H and O–H groups in total. The van der Waals surface area contributed by atoms with Crippen LogP contribution in [0.15, 0.2) is 53.9 Å². The van der Waals surface area contributed by atoms with Crippen molar-refractivity contribution in [2.45, 2.75) is 37.8 Å². The first-order valence-electron chi connectivity index (χ1n) is 13.6. The van der Waals surface area contributed by atoms with E-state index in [0.29, 0.717) is 24.4 Å². The molecule has 3 aromatic rings. The maximum Gasteiger partial charge on any atom is 0.416 e. The molecule has 0 aliphatic carbocycles. The number of piperazine rings is 1. The number of ether oxygens (including phenoxy) is 1. The van der Waals surface area contributed by atoms with Crippen LogP contribution in [0.3, 0.4) is 0 Å². The first-order chi connectivity index (χ1) is 20.3. The Kier molecular flexibility index (Phi) is 8.50. The maximum absolute atomic E-state index is 13.5. The number of carbonyl (C=O) groups is 2. The van der Waals surface area contributed by atoms with Crippen molar-refractivity contribution in [1.82, 2.24) is 14.7 Å². The van der Waals surface area contributed by atoms with Gasteiger partial charge in [-0.15, -0.1) is 11.3 Å². The average molecular weight is 626 g/mol. The number of hydrogen-bond donors (Lipinski definition) is 0. The fraction of sp³-hybridized carbons (Fsp3) is 0.400. The SMILES string of the molecule is COc1ccc([C@@H]2c3ccsc3CCN2CC(=O)N2CCN(C(=O)c3cc(C(F)(F)F)cc(C(F)(F)F)c3)[C@H](C)C2)cc1. The minimum Gasteiger partial charge on any atom is -0.497 e. The molecule has 0 saturated carbocycles. The molecule has 5 rings (SSSR count). The average Bonchev–Trinajstić information content (AvgIpc) is 3.44. The van der Waals surface area contributed by atoms with Crippen LogP contribution in [0.25, 0.3) is 0 Å². The van der Waals surface area contributed by atoms with Gasteiger partial charge in [0.25, 0.3) is 5.91 Å². The van der Waals surface area contributed by atoms with Gasteiger partial charge in [-0.05, 0) is 66.2 Å². The molecule has 0 spiro atoms. The van der Waals surface area contributed by atoms with Crippen LogP contribution < -0.4 is 4.74 Å². The lowest BCUT2D eigenvalue weighted by Crippen LogP contribution is -2.57. The molecule has 2 aliphatic rings. The first-order valence-corrected chi connectivity index (χ1v) is 14.5. The van der Waals surface area contributed by atoms with Gasteiger partial charge in [0, 0.05) is 42.7 Å². The minimum atomic E-state index is -5.06. The molecule has 2 atom stereocenters. The summed E-state index contributed by atoms with van der Waals surface area (Å²) in [5, 5.41) is 2.03. The summed E-state index contributed by atoms with van der Waals surface area (Å²) >= 11 is 1.68. The third kappa shape index (κ3) is 6.52. The molecule has 2 aromatic carbocycles. The Hall–Kier alpha value is -3.58. The first kappa shape index (κ1) is 30.9. The number of amides is 2. The van der Waals surface area contributed by atoms with Gasteiger partial charge in [0.05, 0.1) is 30.8 Å². The maximum atomic E-state index is 13.5. The number of halogens is 6. The molecule has 1 fully saturated rings. The minimum absolute atomic E-state index is 0.00430. The number of benzene rings is 2. The summed E-state index contributed by atoms with van der Waals surface area (Å²) in [5.74, 6) is -0.403. The Balaban J connectivity index is 1.30. The number of methoxy groups -OCH3 is 1. The van der Waals surface area contributed by atoms with E-state index in [2.05, 4.69) is 11.0 Å². The van der Waals surface area contributed by atoms with Crippen LogP contribution in [0, 0.1) is 0 Å². The smallest absolute Gasteiger partial charge is 0.416 e. The number of carbonyl (C=O) groups excluding carboxylic acids is 2. The lowest BCUT2D eigenvalue weighted by atomic mass is 9.93. The van der Waals surface area contributed by atoms with Gasteiger partial charge < -0.3 is 14.5 Å². The molecule has 2 amide bonds. The number of rotatable bonds is 5. The topological polar surface area (TPSA) is 53.1 Å². The summed E-state index contributed by atoms with van der Waals surface area (Å²) < 4.78 is 85.3. The number of thiophene rings is 1. The summed E-state index contributed by atoms with van der Waals surface area (Å²) in [6.45, 7) is 2.55. The Morgan fingerprint density at radius 3 is 2.16 bits per heavy atom. The van der Waals surface area contributed by atoms with Gasteiger partial charge in [0.2, 0.25) is 5.91 Å². The second kappa shape index (κ2) is 11.8. The molecule has 1 saturated heterocycles. The number of fused-ring (bicyclic) bond motifs is 1. The van der Waals surface area contributed by atoms with E-state index in [1.165, 1.54) is 9.78 Å². The van der Waals surface area contributed by atoms with Crippen molar-refractivity contribution in [2.75, 3.05) is 39.8 Å². The quantitative estimate of drug-likeness (QED) is 0.321. The number of alkyl halides is 6.